The fourth-order valence-electron chi connectivity index (χ4n) is 7.38. The standard InChI is InChI=1S/C39H29N2P/c1-39(2)31-22-26(42(24-12-5-3-6-13-24)25-14-7-4-8-15-25)20-21-27(31)36-28-16-11-17-29-35(28)30(23-32(36)39)38-37(29)40-33-18-9-10-19-34(33)41-38/h3-23,34,41H,1-2H3. The summed E-state index contributed by atoms with van der Waals surface area (Å²) in [5, 5.41) is 10.7. The quantitative estimate of drug-likeness (QED) is 0.228. The summed E-state index contributed by atoms with van der Waals surface area (Å²) in [6, 6.07) is 38.7. The van der Waals surface area contributed by atoms with Crippen LogP contribution < -0.4 is 21.2 Å². The van der Waals surface area contributed by atoms with E-state index in [0.717, 1.165) is 11.4 Å². The molecule has 5 aromatic rings. The molecule has 2 nitrogen and oxygen atoms in total. The Balaban J connectivity index is 1.24. The van der Waals surface area contributed by atoms with Crippen molar-refractivity contribution in [3.8, 4) is 11.1 Å². The second kappa shape index (κ2) is 8.74. The Morgan fingerprint density at radius 1 is 0.690 bits per heavy atom. The molecule has 0 radical (unpaired) electrons. The lowest BCUT2D eigenvalue weighted by Gasteiger charge is -2.26. The molecule has 1 heterocycles. The highest BCUT2D eigenvalue weighted by Crippen LogP contribution is 2.56. The molecule has 1 unspecified atom stereocenters. The Morgan fingerprint density at radius 2 is 1.45 bits per heavy atom. The lowest BCUT2D eigenvalue weighted by atomic mass is 9.81. The van der Waals surface area contributed by atoms with Crippen LogP contribution in [0, 0.1) is 0 Å². The molecule has 200 valence electrons. The molecule has 4 aliphatic rings. The van der Waals surface area contributed by atoms with Crippen molar-refractivity contribution in [3.05, 3.63) is 150 Å². The SMILES string of the molecule is CC1(C)c2cc(P(c3ccccc3)c3ccccc3)ccc2-c2c1cc1c3c(cccc23)C2=C1NC1C=CC=CC1=N2. The van der Waals surface area contributed by atoms with E-state index in [1.807, 2.05) is 0 Å². The van der Waals surface area contributed by atoms with Gasteiger partial charge in [-0.1, -0.05) is 123 Å². The van der Waals surface area contributed by atoms with Crippen LogP contribution in [0.4, 0.5) is 0 Å². The van der Waals surface area contributed by atoms with Crippen LogP contribution >= 0.6 is 7.92 Å². The molecule has 9 rings (SSSR count). The third-order valence-corrected chi connectivity index (χ3v) is 11.8. The summed E-state index contributed by atoms with van der Waals surface area (Å²) in [5.41, 5.74) is 11.3. The summed E-state index contributed by atoms with van der Waals surface area (Å²) in [4.78, 5) is 5.18. The molecule has 1 N–H and O–H groups in total. The van der Waals surface area contributed by atoms with Crippen LogP contribution in [0.5, 0.6) is 0 Å². The van der Waals surface area contributed by atoms with E-state index < -0.39 is 7.92 Å². The zero-order valence-corrected chi connectivity index (χ0v) is 24.5. The number of hydrogen-bond acceptors (Lipinski definition) is 2. The highest BCUT2D eigenvalue weighted by molar-refractivity contribution is 7.79. The number of benzene rings is 5. The minimum absolute atomic E-state index is 0.120. The fourth-order valence-corrected chi connectivity index (χ4v) is 9.70. The third kappa shape index (κ3) is 3.28. The molecule has 3 aliphatic carbocycles. The maximum Gasteiger partial charge on any atom is 0.0950 e. The van der Waals surface area contributed by atoms with Crippen LogP contribution in [0.25, 0.3) is 33.3 Å². The van der Waals surface area contributed by atoms with Gasteiger partial charge in [-0.05, 0) is 69.7 Å². The first-order valence-electron chi connectivity index (χ1n) is 14.7. The van der Waals surface area contributed by atoms with E-state index in [-0.39, 0.29) is 11.5 Å². The molecule has 0 bridgehead atoms. The van der Waals surface area contributed by atoms with Crippen molar-refractivity contribution in [2.45, 2.75) is 25.3 Å². The second-order valence-corrected chi connectivity index (χ2v) is 14.3. The number of rotatable bonds is 3. The van der Waals surface area contributed by atoms with Crippen molar-refractivity contribution in [1.29, 1.82) is 0 Å². The third-order valence-electron chi connectivity index (χ3n) is 9.37. The largest absolute Gasteiger partial charge is 0.371 e. The van der Waals surface area contributed by atoms with Gasteiger partial charge < -0.3 is 5.32 Å². The summed E-state index contributed by atoms with van der Waals surface area (Å²) in [6.45, 7) is 4.81. The van der Waals surface area contributed by atoms with E-state index in [4.69, 9.17) is 4.99 Å². The molecule has 0 fully saturated rings. The van der Waals surface area contributed by atoms with Gasteiger partial charge in [0.25, 0.3) is 0 Å². The number of nitrogens with one attached hydrogen (secondary N) is 1. The van der Waals surface area contributed by atoms with E-state index in [9.17, 15) is 0 Å². The number of nitrogens with zero attached hydrogens (tertiary/aromatic N) is 1. The van der Waals surface area contributed by atoms with Crippen LogP contribution in [0.2, 0.25) is 0 Å². The average molecular weight is 557 g/mol. The molecule has 0 saturated carbocycles. The van der Waals surface area contributed by atoms with E-state index >= 15 is 0 Å². The molecule has 42 heavy (non-hydrogen) atoms. The molecule has 0 aromatic heterocycles. The van der Waals surface area contributed by atoms with Gasteiger partial charge in [-0.25, -0.2) is 4.99 Å². The van der Waals surface area contributed by atoms with Gasteiger partial charge in [0.2, 0.25) is 0 Å². The van der Waals surface area contributed by atoms with Crippen LogP contribution in [0.1, 0.15) is 36.1 Å². The van der Waals surface area contributed by atoms with Gasteiger partial charge >= 0.3 is 0 Å². The average Bonchev–Trinajstić information content (AvgIpc) is 3.46. The fraction of sp³-hybridized carbons (Fsp3) is 0.103. The van der Waals surface area contributed by atoms with Crippen molar-refractivity contribution in [2.24, 2.45) is 4.99 Å². The zero-order chi connectivity index (χ0) is 28.0. The smallest absolute Gasteiger partial charge is 0.0950 e. The van der Waals surface area contributed by atoms with Crippen molar-refractivity contribution in [2.75, 3.05) is 0 Å². The molecular weight excluding hydrogens is 527 g/mol. The van der Waals surface area contributed by atoms with Crippen LogP contribution in [-0.4, -0.2) is 11.8 Å². The minimum atomic E-state index is -0.667. The first-order chi connectivity index (χ1) is 20.6. The summed E-state index contributed by atoms with van der Waals surface area (Å²) < 4.78 is 0. The first kappa shape index (κ1) is 24.1. The Hall–Kier alpha value is -4.52. The lowest BCUT2D eigenvalue weighted by molar-refractivity contribution is 0.661. The highest BCUT2D eigenvalue weighted by atomic mass is 31.1. The van der Waals surface area contributed by atoms with Gasteiger partial charge in [-0.2, -0.15) is 0 Å². The van der Waals surface area contributed by atoms with E-state index in [1.165, 1.54) is 65.8 Å². The molecular formula is C39H29N2P. The number of hydrogen-bond donors (Lipinski definition) is 1. The Bertz CT molecular complexity index is 2040. The maximum absolute atomic E-state index is 5.18. The van der Waals surface area contributed by atoms with Crippen LogP contribution in [0.15, 0.2) is 132 Å². The zero-order valence-electron chi connectivity index (χ0n) is 23.6. The molecule has 1 atom stereocenters. The van der Waals surface area contributed by atoms with Crippen molar-refractivity contribution < 1.29 is 0 Å². The Labute approximate surface area is 247 Å². The minimum Gasteiger partial charge on any atom is -0.371 e. The van der Waals surface area contributed by atoms with Gasteiger partial charge in [-0.3, -0.25) is 0 Å². The predicted octanol–water partition coefficient (Wildman–Crippen LogP) is 7.58. The highest BCUT2D eigenvalue weighted by Gasteiger charge is 2.40. The van der Waals surface area contributed by atoms with Gasteiger partial charge in [0.1, 0.15) is 0 Å². The normalized spacial score (nSPS) is 18.5. The van der Waals surface area contributed by atoms with E-state index in [0.29, 0.717) is 0 Å². The molecule has 5 aromatic carbocycles. The molecule has 1 aliphatic heterocycles. The number of fused-ring (bicyclic) bond motifs is 7. The molecule has 0 amide bonds. The monoisotopic (exact) mass is 556 g/mol. The predicted molar refractivity (Wildman–Crippen MR) is 180 cm³/mol. The summed E-state index contributed by atoms with van der Waals surface area (Å²) in [6.07, 6.45) is 8.52. The van der Waals surface area contributed by atoms with Crippen LogP contribution in [-0.2, 0) is 5.41 Å². The second-order valence-electron chi connectivity index (χ2n) is 12.1. The summed E-state index contributed by atoms with van der Waals surface area (Å²) in [5.74, 6) is 0. The van der Waals surface area contributed by atoms with Gasteiger partial charge in [-0.15, -0.1) is 0 Å². The number of aliphatic imine (C=N–C) groups is 1. The molecule has 0 spiro atoms. The summed E-state index contributed by atoms with van der Waals surface area (Å²) >= 11 is 0. The van der Waals surface area contributed by atoms with Gasteiger partial charge in [0, 0.05) is 21.9 Å². The van der Waals surface area contributed by atoms with Crippen molar-refractivity contribution >= 4 is 51.7 Å². The van der Waals surface area contributed by atoms with E-state index in [2.05, 4.69) is 147 Å². The molecule has 0 saturated heterocycles. The first-order valence-corrected chi connectivity index (χ1v) is 16.0. The summed E-state index contributed by atoms with van der Waals surface area (Å²) in [7, 11) is -0.667. The van der Waals surface area contributed by atoms with Crippen molar-refractivity contribution in [3.63, 3.8) is 0 Å². The van der Waals surface area contributed by atoms with Gasteiger partial charge in [0.05, 0.1) is 23.1 Å². The lowest BCUT2D eigenvalue weighted by Crippen LogP contribution is -2.36. The topological polar surface area (TPSA) is 24.4 Å². The van der Waals surface area contributed by atoms with Gasteiger partial charge in [0.15, 0.2) is 0 Å². The van der Waals surface area contributed by atoms with Crippen molar-refractivity contribution in [1.82, 2.24) is 5.32 Å². The number of allylic oxidation sites excluding steroid dienone is 2. The Kier molecular flexibility index (Phi) is 5.02. The maximum atomic E-state index is 5.18. The Morgan fingerprint density at radius 3 is 2.21 bits per heavy atom. The van der Waals surface area contributed by atoms with Crippen LogP contribution in [0.3, 0.4) is 0 Å². The molecule has 3 heteroatoms. The van der Waals surface area contributed by atoms with E-state index in [1.54, 1.807) is 0 Å².